The van der Waals surface area contributed by atoms with Crippen LogP contribution in [0.1, 0.15) is 42.9 Å². The SMILES string of the molecule is CC1(c2ccc3sc4cccc(-c5nc(-c6ccccc6)nc(-c6cccc(-c7ccccc7)c6)n5)c4c3c2)C=CC(c2ccc(-c3ccccc3)cc2C2=CCCC=C2)=CC1. The number of thiophene rings is 1. The highest BCUT2D eigenvalue weighted by atomic mass is 32.1. The van der Waals surface area contributed by atoms with Crippen LogP contribution in [-0.2, 0) is 5.41 Å². The van der Waals surface area contributed by atoms with Crippen LogP contribution in [0.15, 0.2) is 206 Å². The van der Waals surface area contributed by atoms with Crippen LogP contribution in [0.4, 0.5) is 0 Å². The van der Waals surface area contributed by atoms with E-state index in [1.54, 1.807) is 0 Å². The number of benzene rings is 7. The van der Waals surface area contributed by atoms with Crippen molar-refractivity contribution < 1.29 is 0 Å². The molecule has 0 aliphatic heterocycles. The zero-order valence-corrected chi connectivity index (χ0v) is 35.3. The van der Waals surface area contributed by atoms with Crippen LogP contribution in [-0.4, -0.2) is 15.0 Å². The van der Waals surface area contributed by atoms with E-state index in [2.05, 4.69) is 189 Å². The summed E-state index contributed by atoms with van der Waals surface area (Å²) in [5.41, 5.74) is 13.9. The lowest BCUT2D eigenvalue weighted by Crippen LogP contribution is -2.20. The van der Waals surface area contributed by atoms with Crippen molar-refractivity contribution in [3.63, 3.8) is 0 Å². The summed E-state index contributed by atoms with van der Waals surface area (Å²) in [5.74, 6) is 1.98. The van der Waals surface area contributed by atoms with Crippen LogP contribution < -0.4 is 0 Å². The first-order valence-electron chi connectivity index (χ1n) is 21.5. The van der Waals surface area contributed by atoms with Gasteiger partial charge in [0.2, 0.25) is 0 Å². The van der Waals surface area contributed by atoms with Crippen molar-refractivity contribution in [2.75, 3.05) is 0 Å². The predicted octanol–water partition coefficient (Wildman–Crippen LogP) is 15.6. The summed E-state index contributed by atoms with van der Waals surface area (Å²) in [4.78, 5) is 15.5. The van der Waals surface area contributed by atoms with Gasteiger partial charge in [-0.15, -0.1) is 11.3 Å². The maximum Gasteiger partial charge on any atom is 0.164 e. The van der Waals surface area contributed by atoms with E-state index >= 15 is 0 Å². The smallest absolute Gasteiger partial charge is 0.164 e. The molecule has 0 spiro atoms. The van der Waals surface area contributed by atoms with Crippen LogP contribution in [0.5, 0.6) is 0 Å². The maximum absolute atomic E-state index is 5.25. The van der Waals surface area contributed by atoms with E-state index in [0.29, 0.717) is 17.5 Å². The molecule has 0 bridgehead atoms. The molecule has 1 unspecified atom stereocenters. The molecule has 0 amide bonds. The van der Waals surface area contributed by atoms with Crippen LogP contribution in [0.25, 0.3) is 87.7 Å². The summed E-state index contributed by atoms with van der Waals surface area (Å²) in [6, 6.07) is 60.4. The lowest BCUT2D eigenvalue weighted by atomic mass is 9.74. The average Bonchev–Trinajstić information content (AvgIpc) is 3.74. The Morgan fingerprint density at radius 3 is 1.81 bits per heavy atom. The summed E-state index contributed by atoms with van der Waals surface area (Å²) in [6.07, 6.45) is 17.3. The molecule has 0 fully saturated rings. The zero-order valence-electron chi connectivity index (χ0n) is 34.5. The number of allylic oxidation sites excluding steroid dienone is 8. The Balaban J connectivity index is 0.982. The van der Waals surface area contributed by atoms with Gasteiger partial charge in [-0.1, -0.05) is 183 Å². The molecule has 2 aromatic heterocycles. The molecule has 0 saturated heterocycles. The standard InChI is InChI=1S/C58H43N3S/c1-58(34-32-42(33-35-58)48-30-28-45(40-18-8-3-9-19-40)37-50(48)41-20-10-4-11-21-41)47-29-31-52-51(38-47)54-49(26-15-27-53(54)62-52)57-60-55(43-22-12-5-13-23-43)59-56(61-57)46-25-14-24-44(36-46)39-16-6-2-7-17-39/h2-3,5-10,12-34,36-38H,4,11,35H2,1H3. The Morgan fingerprint density at radius 2 is 1.10 bits per heavy atom. The molecular formula is C58H43N3S. The molecule has 62 heavy (non-hydrogen) atoms. The number of nitrogens with zero attached hydrogens (tertiary/aromatic N) is 3. The maximum atomic E-state index is 5.25. The minimum absolute atomic E-state index is 0.181. The molecule has 296 valence electrons. The highest BCUT2D eigenvalue weighted by Gasteiger charge is 2.27. The summed E-state index contributed by atoms with van der Waals surface area (Å²) in [6.45, 7) is 2.37. The fourth-order valence-electron chi connectivity index (χ4n) is 8.98. The van der Waals surface area contributed by atoms with Gasteiger partial charge in [-0.2, -0.15) is 0 Å². The quantitative estimate of drug-likeness (QED) is 0.153. The summed E-state index contributed by atoms with van der Waals surface area (Å²) in [7, 11) is 0. The Labute approximate surface area is 366 Å². The summed E-state index contributed by atoms with van der Waals surface area (Å²) < 4.78 is 2.47. The minimum Gasteiger partial charge on any atom is -0.208 e. The third-order valence-corrected chi connectivity index (χ3v) is 13.5. The summed E-state index contributed by atoms with van der Waals surface area (Å²) in [5, 5.41) is 2.41. The predicted molar refractivity (Wildman–Crippen MR) is 262 cm³/mol. The normalized spacial score (nSPS) is 16.1. The molecule has 0 radical (unpaired) electrons. The van der Waals surface area contributed by atoms with Crippen molar-refractivity contribution in [2.45, 2.75) is 31.6 Å². The van der Waals surface area contributed by atoms with E-state index in [1.165, 1.54) is 59.1 Å². The first-order chi connectivity index (χ1) is 30.6. The first kappa shape index (κ1) is 37.7. The van der Waals surface area contributed by atoms with Gasteiger partial charge in [0, 0.05) is 42.3 Å². The second kappa shape index (κ2) is 16.0. The highest BCUT2D eigenvalue weighted by Crippen LogP contribution is 2.44. The Bertz CT molecular complexity index is 3270. The molecule has 0 saturated carbocycles. The average molecular weight is 814 g/mol. The van der Waals surface area contributed by atoms with Crippen molar-refractivity contribution in [1.82, 2.24) is 15.0 Å². The summed E-state index contributed by atoms with van der Waals surface area (Å²) >= 11 is 1.83. The van der Waals surface area contributed by atoms with Gasteiger partial charge in [0.1, 0.15) is 0 Å². The minimum atomic E-state index is -0.181. The highest BCUT2D eigenvalue weighted by molar-refractivity contribution is 7.25. The first-order valence-corrected chi connectivity index (χ1v) is 22.3. The second-order valence-corrected chi connectivity index (χ2v) is 17.6. The number of fused-ring (bicyclic) bond motifs is 3. The third kappa shape index (κ3) is 7.12. The molecule has 9 aromatic rings. The van der Waals surface area contributed by atoms with Crippen molar-refractivity contribution in [1.29, 1.82) is 0 Å². The molecule has 1 atom stereocenters. The number of aromatic nitrogens is 3. The van der Waals surface area contributed by atoms with Gasteiger partial charge in [0.05, 0.1) is 0 Å². The Morgan fingerprint density at radius 1 is 0.452 bits per heavy atom. The monoisotopic (exact) mass is 813 g/mol. The zero-order chi connectivity index (χ0) is 41.5. The van der Waals surface area contributed by atoms with E-state index < -0.39 is 0 Å². The number of hydrogen-bond donors (Lipinski definition) is 0. The van der Waals surface area contributed by atoms with Gasteiger partial charge < -0.3 is 0 Å². The third-order valence-electron chi connectivity index (χ3n) is 12.4. The Hall–Kier alpha value is -7.27. The van der Waals surface area contributed by atoms with E-state index in [4.69, 9.17) is 15.0 Å². The fourth-order valence-corrected chi connectivity index (χ4v) is 10.1. The molecule has 2 heterocycles. The van der Waals surface area contributed by atoms with Crippen molar-refractivity contribution in [3.8, 4) is 56.4 Å². The lowest BCUT2D eigenvalue weighted by molar-refractivity contribution is 0.602. The van der Waals surface area contributed by atoms with E-state index in [1.807, 2.05) is 35.6 Å². The molecule has 7 aromatic carbocycles. The van der Waals surface area contributed by atoms with Crippen molar-refractivity contribution in [3.05, 3.63) is 223 Å². The van der Waals surface area contributed by atoms with Crippen LogP contribution >= 0.6 is 11.3 Å². The van der Waals surface area contributed by atoms with Gasteiger partial charge in [-0.05, 0) is 99.7 Å². The Kier molecular flexibility index (Phi) is 9.71. The molecule has 3 nitrogen and oxygen atoms in total. The largest absolute Gasteiger partial charge is 0.208 e. The second-order valence-electron chi connectivity index (χ2n) is 16.5. The van der Waals surface area contributed by atoms with Gasteiger partial charge in [0.15, 0.2) is 17.5 Å². The fraction of sp³-hybridized carbons (Fsp3) is 0.0862. The molecule has 2 aliphatic carbocycles. The van der Waals surface area contributed by atoms with Crippen molar-refractivity contribution in [2.24, 2.45) is 0 Å². The molecule has 0 N–H and O–H groups in total. The molecular weight excluding hydrogens is 771 g/mol. The van der Waals surface area contributed by atoms with Gasteiger partial charge >= 0.3 is 0 Å². The van der Waals surface area contributed by atoms with E-state index in [0.717, 1.165) is 47.1 Å². The molecule has 2 aliphatic rings. The van der Waals surface area contributed by atoms with Crippen LogP contribution in [0.3, 0.4) is 0 Å². The number of hydrogen-bond acceptors (Lipinski definition) is 4. The lowest BCUT2D eigenvalue weighted by Gasteiger charge is -2.29. The van der Waals surface area contributed by atoms with E-state index in [9.17, 15) is 0 Å². The molecule has 4 heteroatoms. The van der Waals surface area contributed by atoms with Gasteiger partial charge in [0.25, 0.3) is 0 Å². The topological polar surface area (TPSA) is 38.7 Å². The van der Waals surface area contributed by atoms with Crippen molar-refractivity contribution >= 4 is 42.7 Å². The van der Waals surface area contributed by atoms with Crippen LogP contribution in [0, 0.1) is 0 Å². The van der Waals surface area contributed by atoms with Gasteiger partial charge in [-0.25, -0.2) is 15.0 Å². The van der Waals surface area contributed by atoms with Crippen LogP contribution in [0.2, 0.25) is 0 Å². The van der Waals surface area contributed by atoms with E-state index in [-0.39, 0.29) is 5.41 Å². The van der Waals surface area contributed by atoms with Gasteiger partial charge in [-0.3, -0.25) is 0 Å². The molecule has 11 rings (SSSR count). The number of rotatable bonds is 8.